The first kappa shape index (κ1) is 15.5. The molecule has 0 saturated heterocycles. The molecule has 5 nitrogen and oxygen atoms in total. The Bertz CT molecular complexity index is 363. The van der Waals surface area contributed by atoms with Gasteiger partial charge in [0.1, 0.15) is 0 Å². The molecule has 0 radical (unpaired) electrons. The van der Waals surface area contributed by atoms with E-state index in [2.05, 4.69) is 28.8 Å². The van der Waals surface area contributed by atoms with Crippen LogP contribution in [-0.4, -0.2) is 47.5 Å². The van der Waals surface area contributed by atoms with Crippen molar-refractivity contribution >= 4 is 29.3 Å². The Morgan fingerprint density at radius 2 is 1.94 bits per heavy atom. The van der Waals surface area contributed by atoms with Gasteiger partial charge < -0.3 is 9.64 Å². The Balaban J connectivity index is 2.68. The number of thioether (sulfide) groups is 1. The van der Waals surface area contributed by atoms with Crippen molar-refractivity contribution in [2.45, 2.75) is 25.4 Å². The van der Waals surface area contributed by atoms with Gasteiger partial charge in [-0.3, -0.25) is 0 Å². The molecule has 0 saturated carbocycles. The number of nitrogens with zero attached hydrogens (tertiary/aromatic N) is 4. The maximum Gasteiger partial charge on any atom is 0.230 e. The van der Waals surface area contributed by atoms with E-state index in [1.165, 1.54) is 0 Å². The number of anilines is 1. The monoisotopic (exact) mass is 290 g/mol. The topological polar surface area (TPSA) is 51.1 Å². The summed E-state index contributed by atoms with van der Waals surface area (Å²) in [6.07, 6.45) is 0.963. The second kappa shape index (κ2) is 8.50. The van der Waals surface area contributed by atoms with Crippen LogP contribution in [0.5, 0.6) is 0 Å². The SMILES string of the molecule is CCN(CC)c1nc(Cl)nc(SCCCOC)n1. The Labute approximate surface area is 117 Å². The summed E-state index contributed by atoms with van der Waals surface area (Å²) in [6.45, 7) is 6.57. The lowest BCUT2D eigenvalue weighted by molar-refractivity contribution is 0.200. The van der Waals surface area contributed by atoms with E-state index in [1.54, 1.807) is 18.9 Å². The largest absolute Gasteiger partial charge is 0.385 e. The van der Waals surface area contributed by atoms with Gasteiger partial charge in [0.2, 0.25) is 11.2 Å². The Morgan fingerprint density at radius 3 is 2.56 bits per heavy atom. The summed E-state index contributed by atoms with van der Waals surface area (Å²) in [5.74, 6) is 1.56. The van der Waals surface area contributed by atoms with Crippen LogP contribution in [0.25, 0.3) is 0 Å². The highest BCUT2D eigenvalue weighted by molar-refractivity contribution is 7.99. The zero-order valence-electron chi connectivity index (χ0n) is 11.0. The summed E-state index contributed by atoms with van der Waals surface area (Å²) in [5, 5.41) is 0.925. The van der Waals surface area contributed by atoms with Crippen LogP contribution in [0.4, 0.5) is 5.95 Å². The van der Waals surface area contributed by atoms with Gasteiger partial charge in [0.05, 0.1) is 0 Å². The Morgan fingerprint density at radius 1 is 1.22 bits per heavy atom. The molecule has 0 unspecified atom stereocenters. The summed E-state index contributed by atoms with van der Waals surface area (Å²) in [7, 11) is 1.70. The summed E-state index contributed by atoms with van der Waals surface area (Å²) >= 11 is 7.49. The molecule has 0 fully saturated rings. The fourth-order valence-corrected chi connectivity index (χ4v) is 2.35. The number of hydrogen-bond acceptors (Lipinski definition) is 6. The predicted octanol–water partition coefficient (Wildman–Crippen LogP) is 2.50. The highest BCUT2D eigenvalue weighted by Gasteiger charge is 2.10. The number of methoxy groups -OCH3 is 1. The van der Waals surface area contributed by atoms with Gasteiger partial charge in [-0.2, -0.15) is 15.0 Å². The molecule has 0 bridgehead atoms. The molecule has 0 amide bonds. The Kier molecular flexibility index (Phi) is 7.31. The molecule has 0 atom stereocenters. The summed E-state index contributed by atoms with van der Waals surface area (Å²) in [5.41, 5.74) is 0. The van der Waals surface area contributed by atoms with E-state index in [1.807, 2.05) is 4.90 Å². The fraction of sp³-hybridized carbons (Fsp3) is 0.727. The molecule has 0 aliphatic heterocycles. The van der Waals surface area contributed by atoms with E-state index < -0.39 is 0 Å². The van der Waals surface area contributed by atoms with Crippen LogP contribution in [0, 0.1) is 0 Å². The summed E-state index contributed by atoms with van der Waals surface area (Å²) < 4.78 is 5.00. The van der Waals surface area contributed by atoms with Crippen molar-refractivity contribution in [2.24, 2.45) is 0 Å². The van der Waals surface area contributed by atoms with Crippen LogP contribution < -0.4 is 4.90 Å². The number of rotatable bonds is 8. The molecule has 0 aliphatic carbocycles. The molecular weight excluding hydrogens is 272 g/mol. The molecule has 18 heavy (non-hydrogen) atoms. The highest BCUT2D eigenvalue weighted by atomic mass is 35.5. The second-order valence-electron chi connectivity index (χ2n) is 3.55. The summed E-state index contributed by atoms with van der Waals surface area (Å²) in [4.78, 5) is 14.7. The highest BCUT2D eigenvalue weighted by Crippen LogP contribution is 2.19. The first-order valence-electron chi connectivity index (χ1n) is 5.99. The molecule has 0 N–H and O–H groups in total. The molecule has 102 valence electrons. The third-order valence-corrected chi connectivity index (χ3v) is 3.45. The van der Waals surface area contributed by atoms with Crippen LogP contribution in [0.15, 0.2) is 5.16 Å². The minimum absolute atomic E-state index is 0.251. The molecular formula is C11H19ClN4OS. The molecule has 1 heterocycles. The average molecular weight is 291 g/mol. The van der Waals surface area contributed by atoms with Crippen molar-refractivity contribution in [1.82, 2.24) is 15.0 Å². The lowest BCUT2D eigenvalue weighted by Gasteiger charge is -2.18. The van der Waals surface area contributed by atoms with Crippen molar-refractivity contribution in [3.8, 4) is 0 Å². The van der Waals surface area contributed by atoms with Crippen molar-refractivity contribution in [2.75, 3.05) is 37.5 Å². The predicted molar refractivity (Wildman–Crippen MR) is 75.6 cm³/mol. The van der Waals surface area contributed by atoms with Gasteiger partial charge in [0.25, 0.3) is 0 Å². The number of halogens is 1. The lowest BCUT2D eigenvalue weighted by Crippen LogP contribution is -2.24. The number of ether oxygens (including phenoxy) is 1. The lowest BCUT2D eigenvalue weighted by atomic mass is 10.5. The Hall–Kier alpha value is -0.590. The van der Waals surface area contributed by atoms with E-state index in [4.69, 9.17) is 16.3 Å². The van der Waals surface area contributed by atoms with Crippen molar-refractivity contribution < 1.29 is 4.74 Å². The van der Waals surface area contributed by atoms with Gasteiger partial charge in [-0.25, -0.2) is 0 Å². The quantitative estimate of drug-likeness (QED) is 0.542. The van der Waals surface area contributed by atoms with Crippen LogP contribution in [-0.2, 0) is 4.74 Å². The van der Waals surface area contributed by atoms with Gasteiger partial charge >= 0.3 is 0 Å². The molecule has 0 aromatic carbocycles. The number of hydrogen-bond donors (Lipinski definition) is 0. The average Bonchev–Trinajstić information content (AvgIpc) is 2.36. The zero-order chi connectivity index (χ0) is 13.4. The molecule has 1 rings (SSSR count). The standard InChI is InChI=1S/C11H19ClN4OS/c1-4-16(5-2)10-13-9(12)14-11(15-10)18-8-6-7-17-3/h4-8H2,1-3H3. The zero-order valence-corrected chi connectivity index (χ0v) is 12.6. The van der Waals surface area contributed by atoms with E-state index in [0.717, 1.165) is 31.9 Å². The van der Waals surface area contributed by atoms with Crippen molar-refractivity contribution in [1.29, 1.82) is 0 Å². The summed E-state index contributed by atoms with van der Waals surface area (Å²) in [6, 6.07) is 0. The molecule has 1 aromatic rings. The second-order valence-corrected chi connectivity index (χ2v) is 4.95. The molecule has 7 heteroatoms. The van der Waals surface area contributed by atoms with Crippen molar-refractivity contribution in [3.63, 3.8) is 0 Å². The molecule has 0 spiro atoms. The van der Waals surface area contributed by atoms with Crippen LogP contribution in [0.1, 0.15) is 20.3 Å². The van der Waals surface area contributed by atoms with Crippen LogP contribution >= 0.6 is 23.4 Å². The number of aromatic nitrogens is 3. The molecule has 0 aliphatic rings. The van der Waals surface area contributed by atoms with Gasteiger partial charge in [-0.15, -0.1) is 0 Å². The minimum Gasteiger partial charge on any atom is -0.385 e. The maximum atomic E-state index is 5.92. The first-order chi connectivity index (χ1) is 8.71. The smallest absolute Gasteiger partial charge is 0.230 e. The fourth-order valence-electron chi connectivity index (χ4n) is 1.40. The third-order valence-electron chi connectivity index (χ3n) is 2.35. The van der Waals surface area contributed by atoms with Crippen molar-refractivity contribution in [3.05, 3.63) is 5.28 Å². The molecule has 1 aromatic heterocycles. The van der Waals surface area contributed by atoms with Gasteiger partial charge in [-0.1, -0.05) is 11.8 Å². The van der Waals surface area contributed by atoms with Gasteiger partial charge in [0, 0.05) is 32.6 Å². The first-order valence-corrected chi connectivity index (χ1v) is 7.35. The van der Waals surface area contributed by atoms with Gasteiger partial charge in [-0.05, 0) is 31.9 Å². The van der Waals surface area contributed by atoms with E-state index in [0.29, 0.717) is 11.1 Å². The van der Waals surface area contributed by atoms with Gasteiger partial charge in [0.15, 0.2) is 5.16 Å². The minimum atomic E-state index is 0.251. The van der Waals surface area contributed by atoms with Crippen LogP contribution in [0.3, 0.4) is 0 Å². The van der Waals surface area contributed by atoms with Crippen LogP contribution in [0.2, 0.25) is 5.28 Å². The normalized spacial score (nSPS) is 10.7. The van der Waals surface area contributed by atoms with E-state index in [9.17, 15) is 0 Å². The maximum absolute atomic E-state index is 5.92. The van der Waals surface area contributed by atoms with E-state index >= 15 is 0 Å². The van der Waals surface area contributed by atoms with E-state index in [-0.39, 0.29) is 5.28 Å². The third kappa shape index (κ3) is 4.96.